The fourth-order valence-corrected chi connectivity index (χ4v) is 2.10. The van der Waals surface area contributed by atoms with Gasteiger partial charge in [0.05, 0.1) is 12.8 Å². The van der Waals surface area contributed by atoms with Gasteiger partial charge in [0.2, 0.25) is 0 Å². The third-order valence-corrected chi connectivity index (χ3v) is 3.15. The van der Waals surface area contributed by atoms with Crippen molar-refractivity contribution in [1.82, 2.24) is 0 Å². The molecule has 2 rings (SSSR count). The maximum Gasteiger partial charge on any atom is 0.330 e. The summed E-state index contributed by atoms with van der Waals surface area (Å²) in [6, 6.07) is 13.9. The molecule has 0 saturated carbocycles. The standard InChI is InChI=1S/C16H17NO3/c1-11-7-3-4-8-12(11)15(16(18)19)17-13-9-5-6-10-14(13)20-2/h3-10,15,17H,1-2H3,(H,18,19). The number of hydrogen-bond donors (Lipinski definition) is 2. The lowest BCUT2D eigenvalue weighted by molar-refractivity contribution is -0.138. The topological polar surface area (TPSA) is 58.6 Å². The van der Waals surface area contributed by atoms with Gasteiger partial charge in [-0.05, 0) is 30.2 Å². The number of carboxylic acids is 1. The Kier molecular flexibility index (Phi) is 4.25. The minimum Gasteiger partial charge on any atom is -0.495 e. The fourth-order valence-electron chi connectivity index (χ4n) is 2.10. The maximum absolute atomic E-state index is 11.6. The molecule has 104 valence electrons. The van der Waals surface area contributed by atoms with Crippen LogP contribution in [0.4, 0.5) is 5.69 Å². The number of carboxylic acid groups (broad SMARTS) is 1. The highest BCUT2D eigenvalue weighted by molar-refractivity contribution is 5.80. The number of anilines is 1. The van der Waals surface area contributed by atoms with Gasteiger partial charge in [0.15, 0.2) is 6.04 Å². The van der Waals surface area contributed by atoms with E-state index in [9.17, 15) is 9.90 Å². The third-order valence-electron chi connectivity index (χ3n) is 3.15. The van der Waals surface area contributed by atoms with Crippen LogP contribution in [0.15, 0.2) is 48.5 Å². The summed E-state index contributed by atoms with van der Waals surface area (Å²) in [5.74, 6) is -0.308. The van der Waals surface area contributed by atoms with Crippen LogP contribution in [-0.4, -0.2) is 18.2 Å². The van der Waals surface area contributed by atoms with Crippen molar-refractivity contribution in [3.8, 4) is 5.75 Å². The Morgan fingerprint density at radius 1 is 1.15 bits per heavy atom. The molecule has 4 heteroatoms. The number of rotatable bonds is 5. The first-order valence-corrected chi connectivity index (χ1v) is 6.31. The molecule has 0 aromatic heterocycles. The Labute approximate surface area is 118 Å². The Bertz CT molecular complexity index is 610. The van der Waals surface area contributed by atoms with Crippen molar-refractivity contribution in [1.29, 1.82) is 0 Å². The van der Waals surface area contributed by atoms with Gasteiger partial charge < -0.3 is 15.2 Å². The van der Waals surface area contributed by atoms with Gasteiger partial charge >= 0.3 is 5.97 Å². The summed E-state index contributed by atoms with van der Waals surface area (Å²) in [5, 5.41) is 12.5. The molecule has 0 bridgehead atoms. The number of ether oxygens (including phenoxy) is 1. The fraction of sp³-hybridized carbons (Fsp3) is 0.188. The summed E-state index contributed by atoms with van der Waals surface area (Å²) in [5.41, 5.74) is 2.33. The van der Waals surface area contributed by atoms with Crippen molar-refractivity contribution in [3.05, 3.63) is 59.7 Å². The van der Waals surface area contributed by atoms with E-state index in [1.54, 1.807) is 19.2 Å². The van der Waals surface area contributed by atoms with Crippen molar-refractivity contribution in [2.45, 2.75) is 13.0 Å². The van der Waals surface area contributed by atoms with Crippen molar-refractivity contribution in [2.75, 3.05) is 12.4 Å². The van der Waals surface area contributed by atoms with Crippen LogP contribution in [0.3, 0.4) is 0 Å². The predicted molar refractivity (Wildman–Crippen MR) is 78.2 cm³/mol. The zero-order chi connectivity index (χ0) is 14.5. The summed E-state index contributed by atoms with van der Waals surface area (Å²) < 4.78 is 5.24. The number of aliphatic carboxylic acids is 1. The normalized spacial score (nSPS) is 11.7. The van der Waals surface area contributed by atoms with E-state index >= 15 is 0 Å². The molecule has 4 nitrogen and oxygen atoms in total. The van der Waals surface area contributed by atoms with Crippen LogP contribution >= 0.6 is 0 Å². The highest BCUT2D eigenvalue weighted by Crippen LogP contribution is 2.29. The Hall–Kier alpha value is -2.49. The molecule has 0 aliphatic carbocycles. The monoisotopic (exact) mass is 271 g/mol. The lowest BCUT2D eigenvalue weighted by atomic mass is 10.0. The van der Waals surface area contributed by atoms with Crippen molar-refractivity contribution in [3.63, 3.8) is 0 Å². The molecular weight excluding hydrogens is 254 g/mol. The summed E-state index contributed by atoms with van der Waals surface area (Å²) in [6.45, 7) is 1.90. The molecule has 0 radical (unpaired) electrons. The third kappa shape index (κ3) is 2.91. The number of aryl methyl sites for hydroxylation is 1. The second kappa shape index (κ2) is 6.10. The quantitative estimate of drug-likeness (QED) is 0.876. The van der Waals surface area contributed by atoms with E-state index in [2.05, 4.69) is 5.32 Å². The van der Waals surface area contributed by atoms with E-state index in [-0.39, 0.29) is 0 Å². The maximum atomic E-state index is 11.6. The number of carbonyl (C=O) groups is 1. The first-order valence-electron chi connectivity index (χ1n) is 6.31. The Morgan fingerprint density at radius 3 is 2.45 bits per heavy atom. The van der Waals surface area contributed by atoms with Crippen LogP contribution in [0.2, 0.25) is 0 Å². The summed E-state index contributed by atoms with van der Waals surface area (Å²) in [4.78, 5) is 11.6. The summed E-state index contributed by atoms with van der Waals surface area (Å²) in [6.07, 6.45) is 0. The zero-order valence-corrected chi connectivity index (χ0v) is 11.5. The molecule has 20 heavy (non-hydrogen) atoms. The molecule has 0 heterocycles. The average Bonchev–Trinajstić information content (AvgIpc) is 2.46. The zero-order valence-electron chi connectivity index (χ0n) is 11.5. The molecule has 2 aromatic rings. The van der Waals surface area contributed by atoms with Gasteiger partial charge in [-0.25, -0.2) is 4.79 Å². The van der Waals surface area contributed by atoms with Gasteiger partial charge in [-0.3, -0.25) is 0 Å². The van der Waals surface area contributed by atoms with E-state index in [0.717, 1.165) is 11.1 Å². The molecule has 2 aromatic carbocycles. The SMILES string of the molecule is COc1ccccc1NC(C(=O)O)c1ccccc1C. The van der Waals surface area contributed by atoms with Gasteiger partial charge in [-0.2, -0.15) is 0 Å². The van der Waals surface area contributed by atoms with Crippen molar-refractivity contribution in [2.24, 2.45) is 0 Å². The van der Waals surface area contributed by atoms with Crippen LogP contribution in [0.1, 0.15) is 17.2 Å². The summed E-state index contributed by atoms with van der Waals surface area (Å²) in [7, 11) is 1.56. The minimum absolute atomic E-state index is 0.618. The van der Waals surface area contributed by atoms with E-state index in [0.29, 0.717) is 11.4 Å². The van der Waals surface area contributed by atoms with E-state index in [1.807, 2.05) is 43.3 Å². The second-order valence-electron chi connectivity index (χ2n) is 4.47. The smallest absolute Gasteiger partial charge is 0.330 e. The van der Waals surface area contributed by atoms with Crippen LogP contribution in [-0.2, 0) is 4.79 Å². The first-order chi connectivity index (χ1) is 9.63. The number of nitrogens with one attached hydrogen (secondary N) is 1. The van der Waals surface area contributed by atoms with Gasteiger partial charge in [0.1, 0.15) is 5.75 Å². The van der Waals surface area contributed by atoms with E-state index in [4.69, 9.17) is 4.74 Å². The summed E-state index contributed by atoms with van der Waals surface area (Å²) >= 11 is 0. The van der Waals surface area contributed by atoms with Gasteiger partial charge in [0.25, 0.3) is 0 Å². The van der Waals surface area contributed by atoms with Gasteiger partial charge in [-0.15, -0.1) is 0 Å². The highest BCUT2D eigenvalue weighted by atomic mass is 16.5. The molecule has 0 aliphatic heterocycles. The van der Waals surface area contributed by atoms with Crippen molar-refractivity contribution < 1.29 is 14.6 Å². The lowest BCUT2D eigenvalue weighted by Gasteiger charge is -2.19. The molecule has 0 fully saturated rings. The molecule has 0 saturated heterocycles. The molecule has 1 unspecified atom stereocenters. The molecule has 2 N–H and O–H groups in total. The second-order valence-corrected chi connectivity index (χ2v) is 4.47. The number of hydrogen-bond acceptors (Lipinski definition) is 3. The highest BCUT2D eigenvalue weighted by Gasteiger charge is 2.22. The van der Waals surface area contributed by atoms with Gasteiger partial charge in [0, 0.05) is 0 Å². The average molecular weight is 271 g/mol. The van der Waals surface area contributed by atoms with E-state index < -0.39 is 12.0 Å². The number of benzene rings is 2. The van der Waals surface area contributed by atoms with Gasteiger partial charge in [-0.1, -0.05) is 36.4 Å². The molecular formula is C16H17NO3. The minimum atomic E-state index is -0.926. The van der Waals surface area contributed by atoms with Crippen LogP contribution in [0, 0.1) is 6.92 Å². The molecule has 0 aliphatic rings. The number of methoxy groups -OCH3 is 1. The largest absolute Gasteiger partial charge is 0.495 e. The molecule has 0 amide bonds. The van der Waals surface area contributed by atoms with Crippen LogP contribution < -0.4 is 10.1 Å². The Morgan fingerprint density at radius 2 is 1.80 bits per heavy atom. The first kappa shape index (κ1) is 13.9. The molecule has 0 spiro atoms. The van der Waals surface area contributed by atoms with E-state index in [1.165, 1.54) is 0 Å². The number of para-hydroxylation sites is 2. The lowest BCUT2D eigenvalue weighted by Crippen LogP contribution is -2.21. The molecule has 1 atom stereocenters. The van der Waals surface area contributed by atoms with Crippen LogP contribution in [0.5, 0.6) is 5.75 Å². The van der Waals surface area contributed by atoms with Crippen LogP contribution in [0.25, 0.3) is 0 Å². The Balaban J connectivity index is 2.36. The predicted octanol–water partition coefficient (Wildman–Crippen LogP) is 3.24. The van der Waals surface area contributed by atoms with Crippen molar-refractivity contribution >= 4 is 11.7 Å².